The third-order valence-electron chi connectivity index (χ3n) is 7.12. The molecule has 0 spiro atoms. The Hall–Kier alpha value is -3.17. The van der Waals surface area contributed by atoms with Crippen LogP contribution in [0.4, 0.5) is 4.79 Å². The Balaban J connectivity index is 1.28. The molecule has 1 aromatic carbocycles. The second-order valence-electron chi connectivity index (χ2n) is 11.2. The quantitative estimate of drug-likeness (QED) is 0.485. The molecule has 0 radical (unpaired) electrons. The smallest absolute Gasteiger partial charge is 0.410 e. The Kier molecular flexibility index (Phi) is 7.09. The average molecular weight is 539 g/mol. The lowest BCUT2D eigenvalue weighted by Gasteiger charge is -2.26. The number of carbonyl (C=O) groups excluding carboxylic acids is 2. The fraction of sp³-hybridized carbons (Fsp3) is 0.500. The standard InChI is InChI=1S/C28H35ClN6O3/c1-18-24(29)19(2)35-25(30-18)22-16-34(17-23(22)31-35)26(36)21-10-7-6-9-20(21)15-32-11-8-12-33(14-13-32)27(37)38-28(3,4)5/h6-7,9-10H,8,11-17H2,1-5H3. The van der Waals surface area contributed by atoms with Crippen molar-refractivity contribution in [1.29, 1.82) is 0 Å². The maximum Gasteiger partial charge on any atom is 0.410 e. The topological polar surface area (TPSA) is 83.3 Å². The zero-order valence-corrected chi connectivity index (χ0v) is 23.5. The predicted octanol–water partition coefficient (Wildman–Crippen LogP) is 4.60. The largest absolute Gasteiger partial charge is 0.444 e. The highest BCUT2D eigenvalue weighted by atomic mass is 35.5. The van der Waals surface area contributed by atoms with Crippen molar-refractivity contribution in [3.8, 4) is 0 Å². The molecule has 2 amide bonds. The van der Waals surface area contributed by atoms with Crippen molar-refractivity contribution in [3.63, 3.8) is 0 Å². The van der Waals surface area contributed by atoms with E-state index in [9.17, 15) is 9.59 Å². The maximum atomic E-state index is 13.7. The van der Waals surface area contributed by atoms with E-state index < -0.39 is 5.60 Å². The van der Waals surface area contributed by atoms with E-state index in [1.165, 1.54) is 0 Å². The van der Waals surface area contributed by atoms with E-state index in [1.807, 2.05) is 63.8 Å². The van der Waals surface area contributed by atoms with Crippen molar-refractivity contribution < 1.29 is 14.3 Å². The van der Waals surface area contributed by atoms with Crippen LogP contribution in [0.2, 0.25) is 5.02 Å². The summed E-state index contributed by atoms with van der Waals surface area (Å²) < 4.78 is 7.35. The molecule has 2 aliphatic rings. The molecule has 1 saturated heterocycles. The zero-order chi connectivity index (χ0) is 27.2. The van der Waals surface area contributed by atoms with Gasteiger partial charge in [0.25, 0.3) is 5.91 Å². The minimum absolute atomic E-state index is 0.00985. The highest BCUT2D eigenvalue weighted by molar-refractivity contribution is 6.31. The average Bonchev–Trinajstić information content (AvgIpc) is 3.32. The summed E-state index contributed by atoms with van der Waals surface area (Å²) >= 11 is 6.38. The summed E-state index contributed by atoms with van der Waals surface area (Å²) in [4.78, 5) is 36.8. The van der Waals surface area contributed by atoms with E-state index in [2.05, 4.69) is 9.88 Å². The summed E-state index contributed by atoms with van der Waals surface area (Å²) in [5.41, 5.74) is 5.40. The lowest BCUT2D eigenvalue weighted by molar-refractivity contribution is 0.0257. The molecule has 0 bridgehead atoms. The van der Waals surface area contributed by atoms with Crippen LogP contribution in [-0.4, -0.2) is 73.1 Å². The van der Waals surface area contributed by atoms with Gasteiger partial charge in [-0.3, -0.25) is 9.69 Å². The van der Waals surface area contributed by atoms with Gasteiger partial charge in [-0.2, -0.15) is 5.10 Å². The number of halogens is 1. The lowest BCUT2D eigenvalue weighted by atomic mass is 10.1. The molecule has 10 heteroatoms. The van der Waals surface area contributed by atoms with Crippen LogP contribution in [0, 0.1) is 13.8 Å². The highest BCUT2D eigenvalue weighted by Crippen LogP contribution is 2.30. The van der Waals surface area contributed by atoms with Crippen molar-refractivity contribution in [2.24, 2.45) is 0 Å². The van der Waals surface area contributed by atoms with Crippen LogP contribution in [0.15, 0.2) is 24.3 Å². The van der Waals surface area contributed by atoms with Crippen LogP contribution in [0.5, 0.6) is 0 Å². The summed E-state index contributed by atoms with van der Waals surface area (Å²) in [5, 5.41) is 5.33. The molecule has 1 fully saturated rings. The van der Waals surface area contributed by atoms with Gasteiger partial charge in [0.2, 0.25) is 0 Å². The summed E-state index contributed by atoms with van der Waals surface area (Å²) in [6, 6.07) is 7.80. The van der Waals surface area contributed by atoms with Crippen LogP contribution in [-0.2, 0) is 24.4 Å². The number of hydrogen-bond donors (Lipinski definition) is 0. The van der Waals surface area contributed by atoms with Gasteiger partial charge in [-0.25, -0.2) is 14.3 Å². The minimum Gasteiger partial charge on any atom is -0.444 e. The van der Waals surface area contributed by atoms with Gasteiger partial charge >= 0.3 is 6.09 Å². The summed E-state index contributed by atoms with van der Waals surface area (Å²) in [6.07, 6.45) is 0.587. The number of carbonyl (C=O) groups is 2. The molecular weight excluding hydrogens is 504 g/mol. The number of benzene rings is 1. The number of fused-ring (bicyclic) bond motifs is 3. The number of amides is 2. The molecule has 2 aromatic heterocycles. The molecule has 0 N–H and O–H groups in total. The van der Waals surface area contributed by atoms with E-state index in [0.717, 1.165) is 53.4 Å². The number of ether oxygens (including phenoxy) is 1. The second-order valence-corrected chi connectivity index (χ2v) is 11.6. The first-order valence-electron chi connectivity index (χ1n) is 13.1. The summed E-state index contributed by atoms with van der Waals surface area (Å²) in [7, 11) is 0. The molecule has 4 heterocycles. The maximum absolute atomic E-state index is 13.7. The van der Waals surface area contributed by atoms with E-state index in [1.54, 1.807) is 9.42 Å². The zero-order valence-electron chi connectivity index (χ0n) is 22.8. The molecular formula is C28H35ClN6O3. The predicted molar refractivity (Wildman–Crippen MR) is 145 cm³/mol. The van der Waals surface area contributed by atoms with Gasteiger partial charge in [0.05, 0.1) is 35.2 Å². The van der Waals surface area contributed by atoms with Gasteiger partial charge in [0, 0.05) is 43.9 Å². The van der Waals surface area contributed by atoms with Crippen LogP contribution in [0.1, 0.15) is 65.8 Å². The van der Waals surface area contributed by atoms with Crippen molar-refractivity contribution >= 4 is 29.2 Å². The highest BCUT2D eigenvalue weighted by Gasteiger charge is 2.32. The number of aryl methyl sites for hydroxylation is 2. The molecule has 5 rings (SSSR count). The molecule has 0 unspecified atom stereocenters. The first-order valence-corrected chi connectivity index (χ1v) is 13.5. The normalized spacial score (nSPS) is 16.6. The Morgan fingerprint density at radius 3 is 2.55 bits per heavy atom. The van der Waals surface area contributed by atoms with Gasteiger partial charge in [-0.05, 0) is 52.7 Å². The lowest BCUT2D eigenvalue weighted by Crippen LogP contribution is -2.39. The molecule has 38 heavy (non-hydrogen) atoms. The number of aromatic nitrogens is 3. The van der Waals surface area contributed by atoms with Crippen LogP contribution >= 0.6 is 11.6 Å². The minimum atomic E-state index is -0.512. The number of rotatable bonds is 3. The van der Waals surface area contributed by atoms with Crippen molar-refractivity contribution in [1.82, 2.24) is 29.3 Å². The first kappa shape index (κ1) is 26.4. The first-order chi connectivity index (χ1) is 18.0. The van der Waals surface area contributed by atoms with E-state index >= 15 is 0 Å². The number of nitrogens with zero attached hydrogens (tertiary/aromatic N) is 6. The fourth-order valence-electron chi connectivity index (χ4n) is 5.17. The molecule has 0 atom stereocenters. The Bertz CT molecular complexity index is 1400. The van der Waals surface area contributed by atoms with Gasteiger partial charge < -0.3 is 14.5 Å². The van der Waals surface area contributed by atoms with Crippen LogP contribution < -0.4 is 0 Å². The van der Waals surface area contributed by atoms with Gasteiger partial charge in [0.15, 0.2) is 5.65 Å². The van der Waals surface area contributed by atoms with Crippen molar-refractivity contribution in [3.05, 3.63) is 63.1 Å². The van der Waals surface area contributed by atoms with Gasteiger partial charge in [0.1, 0.15) is 5.60 Å². The monoisotopic (exact) mass is 538 g/mol. The molecule has 2 aliphatic heterocycles. The third kappa shape index (κ3) is 5.22. The van der Waals surface area contributed by atoms with Crippen LogP contribution in [0.3, 0.4) is 0 Å². The summed E-state index contributed by atoms with van der Waals surface area (Å²) in [5.74, 6) is -0.00985. The third-order valence-corrected chi connectivity index (χ3v) is 7.67. The molecule has 0 aliphatic carbocycles. The van der Waals surface area contributed by atoms with Crippen molar-refractivity contribution in [2.75, 3.05) is 26.2 Å². The summed E-state index contributed by atoms with van der Waals surface area (Å²) in [6.45, 7) is 13.9. The Morgan fingerprint density at radius 1 is 1.03 bits per heavy atom. The Labute approximate surface area is 228 Å². The van der Waals surface area contributed by atoms with E-state index in [4.69, 9.17) is 21.4 Å². The molecule has 9 nitrogen and oxygen atoms in total. The van der Waals surface area contributed by atoms with E-state index in [0.29, 0.717) is 43.3 Å². The number of hydrogen-bond acceptors (Lipinski definition) is 6. The van der Waals surface area contributed by atoms with Gasteiger partial charge in [-0.1, -0.05) is 29.8 Å². The molecule has 202 valence electrons. The molecule has 3 aromatic rings. The SMILES string of the molecule is Cc1nc2c3c(nn2c(C)c1Cl)CN(C(=O)c1ccccc1CN1CCCN(C(=O)OC(C)(C)C)CC1)C3. The van der Waals surface area contributed by atoms with Gasteiger partial charge in [-0.15, -0.1) is 0 Å². The van der Waals surface area contributed by atoms with Crippen molar-refractivity contribution in [2.45, 2.75) is 66.3 Å². The molecule has 0 saturated carbocycles. The van der Waals surface area contributed by atoms with Crippen LogP contribution in [0.25, 0.3) is 5.65 Å². The fourth-order valence-corrected chi connectivity index (χ4v) is 5.30. The van der Waals surface area contributed by atoms with E-state index in [-0.39, 0.29) is 12.0 Å². The Morgan fingerprint density at radius 2 is 1.79 bits per heavy atom. The second kappa shape index (κ2) is 10.2.